The van der Waals surface area contributed by atoms with Gasteiger partial charge in [0, 0.05) is 0 Å². The summed E-state index contributed by atoms with van der Waals surface area (Å²) in [6, 6.07) is 1.53. The Bertz CT molecular complexity index is 391. The minimum absolute atomic E-state index is 0.223. The van der Waals surface area contributed by atoms with Gasteiger partial charge in [0.05, 0.1) is 30.4 Å². The Morgan fingerprint density at radius 1 is 1.53 bits per heavy atom. The van der Waals surface area contributed by atoms with Crippen molar-refractivity contribution in [2.45, 2.75) is 12.7 Å². The van der Waals surface area contributed by atoms with E-state index in [4.69, 9.17) is 9.52 Å². The van der Waals surface area contributed by atoms with E-state index in [9.17, 15) is 18.0 Å². The molecule has 17 heavy (non-hydrogen) atoms. The monoisotopic (exact) mass is 315 g/mol. The van der Waals surface area contributed by atoms with Gasteiger partial charge in [-0.25, -0.2) is 0 Å². The van der Waals surface area contributed by atoms with Gasteiger partial charge in [0.2, 0.25) is 0 Å². The number of hydrogen-bond acceptors (Lipinski definition) is 3. The van der Waals surface area contributed by atoms with Crippen LogP contribution in [-0.4, -0.2) is 35.2 Å². The van der Waals surface area contributed by atoms with Gasteiger partial charge in [-0.3, -0.25) is 9.69 Å². The first kappa shape index (κ1) is 14.0. The molecule has 0 saturated carbocycles. The molecule has 1 heterocycles. The summed E-state index contributed by atoms with van der Waals surface area (Å²) in [7, 11) is 0. The minimum atomic E-state index is -4.45. The predicted molar refractivity (Wildman–Crippen MR) is 55.4 cm³/mol. The van der Waals surface area contributed by atoms with Gasteiger partial charge in [0.1, 0.15) is 5.76 Å². The fourth-order valence-electron chi connectivity index (χ4n) is 1.25. The van der Waals surface area contributed by atoms with E-state index in [2.05, 4.69) is 15.9 Å². The molecule has 1 aromatic heterocycles. The van der Waals surface area contributed by atoms with Crippen molar-refractivity contribution in [3.05, 3.63) is 22.6 Å². The molecule has 8 heteroatoms. The standard InChI is InChI=1S/C9H9BrF3NO3/c10-6-1-2-17-7(6)3-14(4-8(15)16)5-9(11,12)13/h1-2H,3-5H2,(H,15,16). The van der Waals surface area contributed by atoms with Crippen LogP contribution in [0.4, 0.5) is 13.2 Å². The number of carbonyl (C=O) groups is 1. The average molecular weight is 316 g/mol. The summed E-state index contributed by atoms with van der Waals surface area (Å²) in [5, 5.41) is 8.53. The fraction of sp³-hybridized carbons (Fsp3) is 0.444. The highest BCUT2D eigenvalue weighted by Crippen LogP contribution is 2.22. The van der Waals surface area contributed by atoms with Crippen molar-refractivity contribution in [1.82, 2.24) is 4.90 Å². The molecule has 1 N–H and O–H groups in total. The Labute approximate surface area is 103 Å². The van der Waals surface area contributed by atoms with Gasteiger partial charge in [0.25, 0.3) is 0 Å². The van der Waals surface area contributed by atoms with E-state index in [0.29, 0.717) is 4.47 Å². The van der Waals surface area contributed by atoms with Gasteiger partial charge in [-0.2, -0.15) is 13.2 Å². The Kier molecular flexibility index (Phi) is 4.58. The van der Waals surface area contributed by atoms with Gasteiger partial charge in [-0.05, 0) is 22.0 Å². The third-order valence-electron chi connectivity index (χ3n) is 1.82. The van der Waals surface area contributed by atoms with Gasteiger partial charge in [-0.1, -0.05) is 0 Å². The smallest absolute Gasteiger partial charge is 0.401 e. The number of nitrogens with zero attached hydrogens (tertiary/aromatic N) is 1. The summed E-state index contributed by atoms with van der Waals surface area (Å²) in [5.74, 6) is -1.06. The third kappa shape index (κ3) is 5.22. The fourth-order valence-corrected chi connectivity index (χ4v) is 1.58. The Morgan fingerprint density at radius 3 is 2.59 bits per heavy atom. The molecular formula is C9H9BrF3NO3. The van der Waals surface area contributed by atoms with Gasteiger partial charge < -0.3 is 9.52 Å². The minimum Gasteiger partial charge on any atom is -0.480 e. The predicted octanol–water partition coefficient (Wildman–Crippen LogP) is 2.49. The van der Waals surface area contributed by atoms with E-state index >= 15 is 0 Å². The molecule has 1 aromatic rings. The van der Waals surface area contributed by atoms with Crippen LogP contribution < -0.4 is 0 Å². The second-order valence-corrected chi connectivity index (χ2v) is 4.20. The van der Waals surface area contributed by atoms with Crippen LogP contribution in [0, 0.1) is 0 Å². The van der Waals surface area contributed by atoms with Crippen LogP contribution in [0.2, 0.25) is 0 Å². The largest absolute Gasteiger partial charge is 0.480 e. The summed E-state index contributed by atoms with van der Waals surface area (Å²) < 4.78 is 42.1. The number of halogens is 4. The molecule has 0 spiro atoms. The van der Waals surface area contributed by atoms with Crippen molar-refractivity contribution < 1.29 is 27.5 Å². The third-order valence-corrected chi connectivity index (χ3v) is 2.53. The van der Waals surface area contributed by atoms with E-state index in [1.807, 2.05) is 0 Å². The molecule has 0 fully saturated rings. The zero-order valence-corrected chi connectivity index (χ0v) is 10.1. The highest BCUT2D eigenvalue weighted by molar-refractivity contribution is 9.10. The number of carboxylic acids is 1. The number of carboxylic acid groups (broad SMARTS) is 1. The van der Waals surface area contributed by atoms with Crippen LogP contribution in [0.3, 0.4) is 0 Å². The molecule has 0 amide bonds. The molecule has 0 aliphatic carbocycles. The molecule has 0 bridgehead atoms. The Hall–Kier alpha value is -1.02. The lowest BCUT2D eigenvalue weighted by Crippen LogP contribution is -2.37. The first-order chi connectivity index (χ1) is 7.78. The maximum Gasteiger partial charge on any atom is 0.401 e. The Morgan fingerprint density at radius 2 is 2.18 bits per heavy atom. The number of hydrogen-bond donors (Lipinski definition) is 1. The maximum atomic E-state index is 12.2. The summed E-state index contributed by atoms with van der Waals surface area (Å²) in [5.41, 5.74) is 0. The van der Waals surface area contributed by atoms with Crippen molar-refractivity contribution in [3.8, 4) is 0 Å². The number of furan rings is 1. The summed E-state index contributed by atoms with van der Waals surface area (Å²) in [4.78, 5) is 11.2. The van der Waals surface area contributed by atoms with Gasteiger partial charge in [-0.15, -0.1) is 0 Å². The molecule has 0 aliphatic rings. The first-order valence-electron chi connectivity index (χ1n) is 4.50. The lowest BCUT2D eigenvalue weighted by Gasteiger charge is -2.20. The summed E-state index contributed by atoms with van der Waals surface area (Å²) in [6.07, 6.45) is -3.14. The van der Waals surface area contributed by atoms with Crippen LogP contribution in [0.25, 0.3) is 0 Å². The summed E-state index contributed by atoms with van der Waals surface area (Å²) in [6.45, 7) is -2.22. The molecular weight excluding hydrogens is 307 g/mol. The van der Waals surface area contributed by atoms with E-state index in [-0.39, 0.29) is 12.3 Å². The van der Waals surface area contributed by atoms with Crippen molar-refractivity contribution >= 4 is 21.9 Å². The molecule has 1 rings (SSSR count). The van der Waals surface area contributed by atoms with Crippen molar-refractivity contribution in [2.75, 3.05) is 13.1 Å². The van der Waals surface area contributed by atoms with E-state index in [1.54, 1.807) is 0 Å². The molecule has 96 valence electrons. The molecule has 4 nitrogen and oxygen atoms in total. The molecule has 0 radical (unpaired) electrons. The lowest BCUT2D eigenvalue weighted by molar-refractivity contribution is -0.155. The van der Waals surface area contributed by atoms with Crippen LogP contribution in [-0.2, 0) is 11.3 Å². The number of alkyl halides is 3. The quantitative estimate of drug-likeness (QED) is 0.907. The molecule has 0 atom stereocenters. The van der Waals surface area contributed by atoms with Crippen LogP contribution in [0.1, 0.15) is 5.76 Å². The average Bonchev–Trinajstić information content (AvgIpc) is 2.47. The first-order valence-corrected chi connectivity index (χ1v) is 5.30. The van der Waals surface area contributed by atoms with Crippen LogP contribution >= 0.6 is 15.9 Å². The van der Waals surface area contributed by atoms with E-state index in [0.717, 1.165) is 4.90 Å². The zero-order chi connectivity index (χ0) is 13.1. The number of aliphatic carboxylic acids is 1. The molecule has 0 aliphatic heterocycles. The van der Waals surface area contributed by atoms with Crippen molar-refractivity contribution in [1.29, 1.82) is 0 Å². The lowest BCUT2D eigenvalue weighted by atomic mass is 10.3. The SMILES string of the molecule is O=C(O)CN(Cc1occc1Br)CC(F)(F)F. The topological polar surface area (TPSA) is 53.7 Å². The second-order valence-electron chi connectivity index (χ2n) is 3.35. The van der Waals surface area contributed by atoms with Crippen LogP contribution in [0.5, 0.6) is 0 Å². The highest BCUT2D eigenvalue weighted by atomic mass is 79.9. The second kappa shape index (κ2) is 5.54. The van der Waals surface area contributed by atoms with E-state index < -0.39 is 25.2 Å². The zero-order valence-electron chi connectivity index (χ0n) is 8.50. The normalized spacial score (nSPS) is 12.1. The molecule has 0 aromatic carbocycles. The van der Waals surface area contributed by atoms with Crippen molar-refractivity contribution in [3.63, 3.8) is 0 Å². The van der Waals surface area contributed by atoms with Gasteiger partial charge in [0.15, 0.2) is 0 Å². The summed E-state index contributed by atoms with van der Waals surface area (Å²) >= 11 is 3.09. The van der Waals surface area contributed by atoms with Crippen LogP contribution in [0.15, 0.2) is 21.2 Å². The molecule has 0 unspecified atom stereocenters. The Balaban J connectivity index is 2.70. The number of rotatable bonds is 5. The van der Waals surface area contributed by atoms with Crippen molar-refractivity contribution in [2.24, 2.45) is 0 Å². The van der Waals surface area contributed by atoms with E-state index in [1.165, 1.54) is 12.3 Å². The maximum absolute atomic E-state index is 12.2. The van der Waals surface area contributed by atoms with Gasteiger partial charge >= 0.3 is 12.1 Å². The highest BCUT2D eigenvalue weighted by Gasteiger charge is 2.32. The molecule has 0 saturated heterocycles.